The third-order valence-electron chi connectivity index (χ3n) is 5.66. The minimum absolute atomic E-state index is 0.0603. The van der Waals surface area contributed by atoms with E-state index in [1.165, 1.54) is 6.07 Å². The molecule has 30 heavy (non-hydrogen) atoms. The summed E-state index contributed by atoms with van der Waals surface area (Å²) in [6.45, 7) is 2.85. The number of carbonyl (C=O) groups is 1. The molecular weight excluding hydrogens is 386 g/mol. The predicted molar refractivity (Wildman–Crippen MR) is 112 cm³/mol. The van der Waals surface area contributed by atoms with E-state index in [0.29, 0.717) is 57.8 Å². The zero-order valence-corrected chi connectivity index (χ0v) is 16.7. The van der Waals surface area contributed by atoms with Gasteiger partial charge in [-0.05, 0) is 24.1 Å². The monoisotopic (exact) mass is 411 g/mol. The van der Waals surface area contributed by atoms with Crippen LogP contribution in [0.1, 0.15) is 28.8 Å². The van der Waals surface area contributed by atoms with Crippen molar-refractivity contribution in [3.8, 4) is 0 Å². The number of nitro groups is 1. The smallest absolute Gasteiger partial charge is 0.293 e. The number of hydrogen-bond donors (Lipinski definition) is 1. The molecule has 1 N–H and O–H groups in total. The van der Waals surface area contributed by atoms with Crippen LogP contribution in [0.4, 0.5) is 11.4 Å². The van der Waals surface area contributed by atoms with Gasteiger partial charge in [0, 0.05) is 44.1 Å². The average molecular weight is 411 g/mol. The Hall–Kier alpha value is -2.97. The van der Waals surface area contributed by atoms with Crippen molar-refractivity contribution in [3.63, 3.8) is 0 Å². The zero-order chi connectivity index (χ0) is 21.0. The number of anilines is 1. The van der Waals surface area contributed by atoms with Gasteiger partial charge in [-0.25, -0.2) is 0 Å². The number of amides is 1. The minimum atomic E-state index is -0.538. The van der Waals surface area contributed by atoms with Gasteiger partial charge < -0.3 is 19.7 Å². The summed E-state index contributed by atoms with van der Waals surface area (Å²) in [6, 6.07) is 14.5. The average Bonchev–Trinajstić information content (AvgIpc) is 3.22. The van der Waals surface area contributed by atoms with Gasteiger partial charge in [0.25, 0.3) is 11.6 Å². The highest BCUT2D eigenvalue weighted by molar-refractivity contribution is 5.95. The molecule has 2 heterocycles. The normalized spacial score (nSPS) is 17.8. The predicted octanol–water partition coefficient (Wildman–Crippen LogP) is 2.91. The molecule has 4 rings (SSSR count). The lowest BCUT2D eigenvalue weighted by atomic mass is 10.0. The fourth-order valence-corrected chi connectivity index (χ4v) is 4.02. The molecule has 2 aliphatic heterocycles. The highest BCUT2D eigenvalue weighted by atomic mass is 16.7. The van der Waals surface area contributed by atoms with E-state index in [4.69, 9.17) is 9.47 Å². The summed E-state index contributed by atoms with van der Waals surface area (Å²) in [7, 11) is 0. The number of nitrogens with zero attached hydrogens (tertiary/aromatic N) is 2. The van der Waals surface area contributed by atoms with Crippen LogP contribution >= 0.6 is 0 Å². The van der Waals surface area contributed by atoms with Gasteiger partial charge in [-0.1, -0.05) is 30.3 Å². The molecule has 2 fully saturated rings. The van der Waals surface area contributed by atoms with Crippen molar-refractivity contribution in [2.45, 2.75) is 25.0 Å². The van der Waals surface area contributed by atoms with Crippen molar-refractivity contribution >= 4 is 17.3 Å². The molecule has 0 bridgehead atoms. The first-order chi connectivity index (χ1) is 14.6. The van der Waals surface area contributed by atoms with E-state index in [2.05, 4.69) is 5.32 Å². The molecular formula is C22H25N3O5. The Morgan fingerprint density at radius 1 is 1.10 bits per heavy atom. The van der Waals surface area contributed by atoms with E-state index in [9.17, 15) is 14.9 Å². The Balaban J connectivity index is 1.41. The number of hydrogen-bond acceptors (Lipinski definition) is 6. The topological polar surface area (TPSA) is 93.9 Å². The van der Waals surface area contributed by atoms with Gasteiger partial charge in [0.05, 0.1) is 18.1 Å². The Morgan fingerprint density at radius 3 is 2.47 bits per heavy atom. The van der Waals surface area contributed by atoms with Crippen molar-refractivity contribution in [2.24, 2.45) is 0 Å². The highest BCUT2D eigenvalue weighted by Gasteiger charge is 2.40. The quantitative estimate of drug-likeness (QED) is 0.580. The number of ether oxygens (including phenoxy) is 2. The molecule has 1 amide bonds. The molecule has 2 saturated heterocycles. The van der Waals surface area contributed by atoms with Gasteiger partial charge in [-0.2, -0.15) is 0 Å². The van der Waals surface area contributed by atoms with Crippen molar-refractivity contribution in [2.75, 3.05) is 37.7 Å². The second-order valence-corrected chi connectivity index (χ2v) is 7.55. The van der Waals surface area contributed by atoms with Crippen LogP contribution in [0.15, 0.2) is 48.5 Å². The van der Waals surface area contributed by atoms with Crippen LogP contribution in [0.2, 0.25) is 0 Å². The fourth-order valence-electron chi connectivity index (χ4n) is 4.02. The summed E-state index contributed by atoms with van der Waals surface area (Å²) in [5, 5.41) is 14.5. The maximum Gasteiger partial charge on any atom is 0.293 e. The maximum atomic E-state index is 12.5. The number of nitrogens with one attached hydrogen (secondary N) is 1. The lowest BCUT2D eigenvalue weighted by molar-refractivity contribution is -0.384. The summed E-state index contributed by atoms with van der Waals surface area (Å²) >= 11 is 0. The number of benzene rings is 2. The summed E-state index contributed by atoms with van der Waals surface area (Å²) in [5.74, 6) is -0.852. The van der Waals surface area contributed by atoms with Gasteiger partial charge in [0.15, 0.2) is 5.79 Å². The molecule has 158 valence electrons. The molecule has 2 aromatic rings. The number of carbonyl (C=O) groups excluding carboxylic acids is 1. The van der Waals surface area contributed by atoms with E-state index in [1.54, 1.807) is 12.1 Å². The second kappa shape index (κ2) is 8.81. The Labute approximate surface area is 174 Å². The van der Waals surface area contributed by atoms with Gasteiger partial charge >= 0.3 is 0 Å². The zero-order valence-electron chi connectivity index (χ0n) is 16.7. The number of piperidine rings is 1. The van der Waals surface area contributed by atoms with Gasteiger partial charge in [0.1, 0.15) is 5.69 Å². The molecule has 0 saturated carbocycles. The van der Waals surface area contributed by atoms with Gasteiger partial charge in [0.2, 0.25) is 0 Å². The largest absolute Gasteiger partial charge is 0.366 e. The SMILES string of the molecule is O=C(NCCc1ccccc1)c1ccc(N2CCC3(CC2)OCCO3)c([N+](=O)[O-])c1. The molecule has 0 radical (unpaired) electrons. The van der Waals surface area contributed by atoms with E-state index < -0.39 is 10.7 Å². The van der Waals surface area contributed by atoms with E-state index in [0.717, 1.165) is 5.56 Å². The molecule has 1 spiro atoms. The summed E-state index contributed by atoms with van der Waals surface area (Å²) in [6.07, 6.45) is 2.02. The van der Waals surface area contributed by atoms with Crippen LogP contribution in [0.25, 0.3) is 0 Å². The third kappa shape index (κ3) is 4.44. The Morgan fingerprint density at radius 2 is 1.80 bits per heavy atom. The summed E-state index contributed by atoms with van der Waals surface area (Å²) < 4.78 is 11.5. The highest BCUT2D eigenvalue weighted by Crippen LogP contribution is 2.36. The third-order valence-corrected chi connectivity index (χ3v) is 5.66. The van der Waals surface area contributed by atoms with Crippen molar-refractivity contribution in [1.82, 2.24) is 5.32 Å². The lowest BCUT2D eigenvalue weighted by Crippen LogP contribution is -2.45. The van der Waals surface area contributed by atoms with Crippen molar-refractivity contribution < 1.29 is 19.2 Å². The number of nitro benzene ring substituents is 1. The van der Waals surface area contributed by atoms with Gasteiger partial charge in [-0.15, -0.1) is 0 Å². The van der Waals surface area contributed by atoms with E-state index in [-0.39, 0.29) is 17.2 Å². The first-order valence-electron chi connectivity index (χ1n) is 10.2. The van der Waals surface area contributed by atoms with Crippen LogP contribution in [0.5, 0.6) is 0 Å². The molecule has 2 aliphatic rings. The molecule has 0 aromatic heterocycles. The second-order valence-electron chi connectivity index (χ2n) is 7.55. The van der Waals surface area contributed by atoms with Crippen LogP contribution in [0.3, 0.4) is 0 Å². The van der Waals surface area contributed by atoms with E-state index in [1.807, 2.05) is 35.2 Å². The molecule has 8 heteroatoms. The van der Waals surface area contributed by atoms with Gasteiger partial charge in [-0.3, -0.25) is 14.9 Å². The fraction of sp³-hybridized carbons (Fsp3) is 0.409. The Bertz CT molecular complexity index is 902. The molecule has 0 unspecified atom stereocenters. The maximum absolute atomic E-state index is 12.5. The molecule has 8 nitrogen and oxygen atoms in total. The molecule has 0 aliphatic carbocycles. The van der Waals surface area contributed by atoms with Crippen LogP contribution in [-0.2, 0) is 15.9 Å². The lowest BCUT2D eigenvalue weighted by Gasteiger charge is -2.38. The molecule has 0 atom stereocenters. The number of rotatable bonds is 6. The van der Waals surface area contributed by atoms with Crippen molar-refractivity contribution in [3.05, 3.63) is 69.8 Å². The summed E-state index contributed by atoms with van der Waals surface area (Å²) in [5.41, 5.74) is 1.87. The summed E-state index contributed by atoms with van der Waals surface area (Å²) in [4.78, 5) is 25.7. The standard InChI is InChI=1S/C22H25N3O5/c26-21(23-11-8-17-4-2-1-3-5-17)18-6-7-19(20(16-18)25(27)28)24-12-9-22(10-13-24)29-14-15-30-22/h1-7,16H,8-15H2,(H,23,26). The van der Waals surface area contributed by atoms with Crippen LogP contribution in [0, 0.1) is 10.1 Å². The minimum Gasteiger partial charge on any atom is -0.366 e. The molecule has 2 aromatic carbocycles. The van der Waals surface area contributed by atoms with Crippen molar-refractivity contribution in [1.29, 1.82) is 0 Å². The van der Waals surface area contributed by atoms with Crippen LogP contribution in [-0.4, -0.2) is 49.5 Å². The Kier molecular flexibility index (Phi) is 5.96. The first kappa shape index (κ1) is 20.3. The van der Waals surface area contributed by atoms with E-state index >= 15 is 0 Å². The van der Waals surface area contributed by atoms with Crippen LogP contribution < -0.4 is 10.2 Å². The first-order valence-corrected chi connectivity index (χ1v) is 10.2.